The summed E-state index contributed by atoms with van der Waals surface area (Å²) in [4.78, 5) is 21.8. The van der Waals surface area contributed by atoms with Crippen molar-refractivity contribution in [1.82, 2.24) is 0 Å². The molecule has 11 heteroatoms. The number of benzene rings is 2. The normalized spacial score (nSPS) is 11.9. The van der Waals surface area contributed by atoms with Crippen molar-refractivity contribution in [2.24, 2.45) is 0 Å². The van der Waals surface area contributed by atoms with Crippen LogP contribution in [0.25, 0.3) is 10.8 Å². The SMILES string of the molecule is Cl.O=C(O)c1cc(C(F)(F)F)c2cc(C(=O)O)cc(C(F)(F)F)c2c1. The van der Waals surface area contributed by atoms with Crippen LogP contribution in [0, 0.1) is 0 Å². The van der Waals surface area contributed by atoms with Gasteiger partial charge in [0.1, 0.15) is 0 Å². The monoisotopic (exact) mass is 388 g/mol. The van der Waals surface area contributed by atoms with Gasteiger partial charge < -0.3 is 10.2 Å². The predicted octanol–water partition coefficient (Wildman–Crippen LogP) is 4.70. The van der Waals surface area contributed by atoms with Crippen LogP contribution in [-0.2, 0) is 12.4 Å². The van der Waals surface area contributed by atoms with Gasteiger partial charge in [0.05, 0.1) is 22.3 Å². The van der Waals surface area contributed by atoms with Gasteiger partial charge in [-0.1, -0.05) is 0 Å². The van der Waals surface area contributed by atoms with E-state index in [0.29, 0.717) is 12.1 Å². The van der Waals surface area contributed by atoms with Crippen molar-refractivity contribution < 1.29 is 46.1 Å². The van der Waals surface area contributed by atoms with Gasteiger partial charge in [-0.25, -0.2) is 9.59 Å². The largest absolute Gasteiger partial charge is 0.478 e. The standard InChI is InChI=1S/C14H6F6O4.ClH/c15-13(16,17)9-4-6(12(23)24)2-8-7(9)1-5(11(21)22)3-10(8)14(18,19)20;/h1-4H,(H,21,22)(H,23,24);1H. The van der Waals surface area contributed by atoms with Gasteiger partial charge in [-0.15, -0.1) is 12.4 Å². The van der Waals surface area contributed by atoms with Crippen molar-refractivity contribution in [2.75, 3.05) is 0 Å². The third kappa shape index (κ3) is 3.95. The molecule has 2 rings (SSSR count). The number of carbonyl (C=O) groups is 2. The maximum atomic E-state index is 13.1. The lowest BCUT2D eigenvalue weighted by Gasteiger charge is -2.17. The topological polar surface area (TPSA) is 74.6 Å². The molecule has 0 heterocycles. The van der Waals surface area contributed by atoms with Gasteiger partial charge in [-0.3, -0.25) is 0 Å². The Morgan fingerprint density at radius 1 is 0.680 bits per heavy atom. The molecule has 0 saturated heterocycles. The van der Waals surface area contributed by atoms with Gasteiger partial charge in [0.15, 0.2) is 0 Å². The first-order valence-corrected chi connectivity index (χ1v) is 6.05. The molecule has 2 aromatic carbocycles. The Bertz CT molecular complexity index is 786. The number of fused-ring (bicyclic) bond motifs is 1. The van der Waals surface area contributed by atoms with Crippen LogP contribution in [0.1, 0.15) is 31.8 Å². The number of aromatic carboxylic acids is 2. The van der Waals surface area contributed by atoms with Crippen LogP contribution < -0.4 is 0 Å². The lowest BCUT2D eigenvalue weighted by molar-refractivity contribution is -0.138. The van der Waals surface area contributed by atoms with E-state index in [9.17, 15) is 35.9 Å². The quantitative estimate of drug-likeness (QED) is 0.732. The van der Waals surface area contributed by atoms with Crippen molar-refractivity contribution in [3.8, 4) is 0 Å². The van der Waals surface area contributed by atoms with Crippen molar-refractivity contribution in [2.45, 2.75) is 12.4 Å². The Hall–Kier alpha value is -2.49. The van der Waals surface area contributed by atoms with E-state index in [4.69, 9.17) is 10.2 Å². The lowest BCUT2D eigenvalue weighted by Crippen LogP contribution is -2.13. The summed E-state index contributed by atoms with van der Waals surface area (Å²) in [6.45, 7) is 0. The number of halogens is 7. The minimum absolute atomic E-state index is 0. The van der Waals surface area contributed by atoms with Crippen LogP contribution in [0.2, 0.25) is 0 Å². The van der Waals surface area contributed by atoms with Crippen molar-refractivity contribution in [1.29, 1.82) is 0 Å². The summed E-state index contributed by atoms with van der Waals surface area (Å²) in [5.74, 6) is -3.70. The molecule has 0 aromatic heterocycles. The van der Waals surface area contributed by atoms with Crippen LogP contribution in [0.4, 0.5) is 26.3 Å². The van der Waals surface area contributed by atoms with Crippen LogP contribution in [0.5, 0.6) is 0 Å². The number of carboxylic acid groups (broad SMARTS) is 2. The molecule has 25 heavy (non-hydrogen) atoms. The molecule has 2 aromatic rings. The summed E-state index contributed by atoms with van der Waals surface area (Å²) in [5, 5.41) is 15.6. The van der Waals surface area contributed by atoms with Gasteiger partial charge in [-0.05, 0) is 35.0 Å². The van der Waals surface area contributed by atoms with E-state index in [0.717, 1.165) is 0 Å². The maximum Gasteiger partial charge on any atom is 0.417 e. The highest BCUT2D eigenvalue weighted by Crippen LogP contribution is 2.41. The zero-order valence-corrected chi connectivity index (χ0v) is 12.5. The summed E-state index contributed by atoms with van der Waals surface area (Å²) in [6.07, 6.45) is -10.4. The fraction of sp³-hybridized carbons (Fsp3) is 0.143. The van der Waals surface area contributed by atoms with Gasteiger partial charge in [0.25, 0.3) is 0 Å². The van der Waals surface area contributed by atoms with E-state index < -0.39 is 57.3 Å². The Labute approximate surface area is 141 Å². The first-order valence-electron chi connectivity index (χ1n) is 6.05. The smallest absolute Gasteiger partial charge is 0.417 e. The average Bonchev–Trinajstić information content (AvgIpc) is 2.42. The third-order valence-electron chi connectivity index (χ3n) is 3.17. The van der Waals surface area contributed by atoms with Crippen LogP contribution in [0.15, 0.2) is 24.3 Å². The molecule has 2 N–H and O–H groups in total. The fourth-order valence-corrected chi connectivity index (χ4v) is 2.18. The molecule has 0 aliphatic carbocycles. The van der Waals surface area contributed by atoms with Crippen LogP contribution in [-0.4, -0.2) is 22.2 Å². The highest BCUT2D eigenvalue weighted by Gasteiger charge is 2.38. The van der Waals surface area contributed by atoms with E-state index >= 15 is 0 Å². The van der Waals surface area contributed by atoms with E-state index in [-0.39, 0.29) is 24.5 Å². The molecule has 0 saturated carbocycles. The number of alkyl halides is 6. The molecule has 4 nitrogen and oxygen atoms in total. The second kappa shape index (κ2) is 6.43. The Kier molecular flexibility index (Phi) is 5.29. The number of hydrogen-bond acceptors (Lipinski definition) is 2. The fourth-order valence-electron chi connectivity index (χ4n) is 2.18. The highest BCUT2D eigenvalue weighted by molar-refractivity contribution is 6.01. The molecular weight excluding hydrogens is 382 g/mol. The molecule has 0 amide bonds. The van der Waals surface area contributed by atoms with Gasteiger partial charge in [0, 0.05) is 0 Å². The van der Waals surface area contributed by atoms with Crippen molar-refractivity contribution in [3.63, 3.8) is 0 Å². The molecule has 0 bridgehead atoms. The summed E-state index contributed by atoms with van der Waals surface area (Å²) < 4.78 is 78.6. The molecule has 0 unspecified atom stereocenters. The van der Waals surface area contributed by atoms with E-state index in [2.05, 4.69) is 0 Å². The first-order chi connectivity index (χ1) is 10.8. The average molecular weight is 389 g/mol. The van der Waals surface area contributed by atoms with E-state index in [1.54, 1.807) is 0 Å². The Morgan fingerprint density at radius 3 is 1.16 bits per heavy atom. The van der Waals surface area contributed by atoms with Gasteiger partial charge in [-0.2, -0.15) is 26.3 Å². The maximum absolute atomic E-state index is 13.1. The number of hydrogen-bond donors (Lipinski definition) is 2. The second-order valence-electron chi connectivity index (χ2n) is 4.75. The molecule has 0 atom stereocenters. The molecular formula is C14H7ClF6O4. The summed E-state index contributed by atoms with van der Waals surface area (Å²) >= 11 is 0. The zero-order valence-electron chi connectivity index (χ0n) is 11.7. The second-order valence-corrected chi connectivity index (χ2v) is 4.75. The summed E-state index contributed by atoms with van der Waals surface area (Å²) in [5.41, 5.74) is -5.32. The zero-order chi connectivity index (χ0) is 18.4. The van der Waals surface area contributed by atoms with Gasteiger partial charge in [0.2, 0.25) is 0 Å². The van der Waals surface area contributed by atoms with Crippen molar-refractivity contribution in [3.05, 3.63) is 46.5 Å². The molecule has 0 radical (unpaired) electrons. The lowest BCUT2D eigenvalue weighted by atomic mass is 9.94. The highest BCUT2D eigenvalue weighted by atomic mass is 35.5. The summed E-state index contributed by atoms with van der Waals surface area (Å²) in [6, 6.07) is 1.19. The van der Waals surface area contributed by atoms with E-state index in [1.165, 1.54) is 0 Å². The molecule has 0 aliphatic heterocycles. The first kappa shape index (κ1) is 20.6. The van der Waals surface area contributed by atoms with Crippen molar-refractivity contribution >= 4 is 35.1 Å². The van der Waals surface area contributed by atoms with Crippen LogP contribution >= 0.6 is 12.4 Å². The molecule has 136 valence electrons. The number of rotatable bonds is 2. The third-order valence-corrected chi connectivity index (χ3v) is 3.17. The van der Waals surface area contributed by atoms with E-state index in [1.807, 2.05) is 0 Å². The number of carboxylic acids is 2. The van der Waals surface area contributed by atoms with Gasteiger partial charge >= 0.3 is 24.3 Å². The Balaban J connectivity index is 0.00000312. The minimum atomic E-state index is -5.18. The predicted molar refractivity (Wildman–Crippen MR) is 75.1 cm³/mol. The molecule has 0 aliphatic rings. The molecule has 0 fully saturated rings. The molecule has 0 spiro atoms. The van der Waals surface area contributed by atoms with Crippen LogP contribution in [0.3, 0.4) is 0 Å². The Morgan fingerprint density at radius 2 is 0.960 bits per heavy atom. The summed E-state index contributed by atoms with van der Waals surface area (Å²) in [7, 11) is 0. The minimum Gasteiger partial charge on any atom is -0.478 e.